The highest BCUT2D eigenvalue weighted by atomic mass is 14.9. The van der Waals surface area contributed by atoms with Gasteiger partial charge < -0.3 is 5.32 Å². The van der Waals surface area contributed by atoms with Crippen LogP contribution in [0.2, 0.25) is 0 Å². The smallest absolute Gasteiger partial charge is 0.115 e. The summed E-state index contributed by atoms with van der Waals surface area (Å²) < 4.78 is 0. The van der Waals surface area contributed by atoms with Crippen LogP contribution in [0.3, 0.4) is 0 Å². The van der Waals surface area contributed by atoms with Crippen molar-refractivity contribution in [2.24, 2.45) is 0 Å². The van der Waals surface area contributed by atoms with Gasteiger partial charge >= 0.3 is 0 Å². The van der Waals surface area contributed by atoms with E-state index in [0.29, 0.717) is 5.56 Å². The van der Waals surface area contributed by atoms with Crippen LogP contribution in [0.5, 0.6) is 0 Å². The first-order valence-corrected chi connectivity index (χ1v) is 5.77. The van der Waals surface area contributed by atoms with Gasteiger partial charge in [0.25, 0.3) is 0 Å². The predicted molar refractivity (Wildman–Crippen MR) is 68.4 cm³/mol. The summed E-state index contributed by atoms with van der Waals surface area (Å²) in [4.78, 5) is 7.94. The van der Waals surface area contributed by atoms with Crippen molar-refractivity contribution in [3.05, 3.63) is 59.7 Å². The van der Waals surface area contributed by atoms with Gasteiger partial charge in [-0.3, -0.25) is 0 Å². The molecule has 0 fully saturated rings. The molecule has 1 unspecified atom stereocenters. The molecule has 0 radical (unpaired) electrons. The summed E-state index contributed by atoms with van der Waals surface area (Å²) in [6.45, 7) is 2.81. The molecule has 1 aromatic carbocycles. The van der Waals surface area contributed by atoms with Crippen LogP contribution in [0.4, 0.5) is 0 Å². The Morgan fingerprint density at radius 3 is 2.50 bits per heavy atom. The largest absolute Gasteiger partial charge is 0.306 e. The number of nitrogens with zero attached hydrogens (tertiary/aromatic N) is 3. The third kappa shape index (κ3) is 3.12. The van der Waals surface area contributed by atoms with Gasteiger partial charge in [-0.1, -0.05) is 12.1 Å². The number of nitrogens with one attached hydrogen (secondary N) is 1. The molecule has 2 rings (SSSR count). The topological polar surface area (TPSA) is 61.6 Å². The average Bonchev–Trinajstić information content (AvgIpc) is 2.46. The summed E-state index contributed by atoms with van der Waals surface area (Å²) in [7, 11) is 0. The summed E-state index contributed by atoms with van der Waals surface area (Å²) in [5, 5.41) is 12.1. The lowest BCUT2D eigenvalue weighted by atomic mass is 10.1. The van der Waals surface area contributed by atoms with Gasteiger partial charge in [-0.05, 0) is 24.6 Å². The van der Waals surface area contributed by atoms with Gasteiger partial charge in [0.05, 0.1) is 11.6 Å². The number of rotatable bonds is 4. The highest BCUT2D eigenvalue weighted by molar-refractivity contribution is 5.32. The highest BCUT2D eigenvalue weighted by Gasteiger charge is 2.04. The molecule has 2 aromatic rings. The van der Waals surface area contributed by atoms with E-state index >= 15 is 0 Å². The number of aromatic nitrogens is 2. The molecule has 4 heteroatoms. The first-order valence-electron chi connectivity index (χ1n) is 5.77. The fourth-order valence-corrected chi connectivity index (χ4v) is 1.66. The first kappa shape index (κ1) is 12.2. The van der Waals surface area contributed by atoms with Crippen LogP contribution in [0.15, 0.2) is 43.0 Å². The van der Waals surface area contributed by atoms with Crippen molar-refractivity contribution >= 4 is 0 Å². The molecule has 18 heavy (non-hydrogen) atoms. The Labute approximate surface area is 106 Å². The zero-order valence-corrected chi connectivity index (χ0v) is 10.2. The zero-order valence-electron chi connectivity index (χ0n) is 10.2. The van der Waals surface area contributed by atoms with Crippen molar-refractivity contribution < 1.29 is 0 Å². The molecule has 0 saturated heterocycles. The van der Waals surface area contributed by atoms with E-state index in [4.69, 9.17) is 5.26 Å². The maximum absolute atomic E-state index is 8.74. The fourth-order valence-electron chi connectivity index (χ4n) is 1.66. The average molecular weight is 238 g/mol. The van der Waals surface area contributed by atoms with E-state index in [1.807, 2.05) is 24.3 Å². The van der Waals surface area contributed by atoms with Crippen LogP contribution < -0.4 is 5.32 Å². The van der Waals surface area contributed by atoms with E-state index in [1.165, 1.54) is 6.33 Å². The van der Waals surface area contributed by atoms with Crippen molar-refractivity contribution in [3.8, 4) is 6.07 Å². The van der Waals surface area contributed by atoms with E-state index in [1.54, 1.807) is 12.4 Å². The molecule has 1 atom stereocenters. The molecule has 4 nitrogen and oxygen atoms in total. The third-order valence-electron chi connectivity index (χ3n) is 2.77. The summed E-state index contributed by atoms with van der Waals surface area (Å²) in [6, 6.07) is 9.94. The Hall–Kier alpha value is -2.25. The maximum Gasteiger partial charge on any atom is 0.115 e. The molecule has 1 aromatic heterocycles. The molecular weight excluding hydrogens is 224 g/mol. The quantitative estimate of drug-likeness (QED) is 0.887. The summed E-state index contributed by atoms with van der Waals surface area (Å²) in [5.74, 6) is 0. The molecule has 0 aliphatic carbocycles. The van der Waals surface area contributed by atoms with Crippen molar-refractivity contribution in [3.63, 3.8) is 0 Å². The highest BCUT2D eigenvalue weighted by Crippen LogP contribution is 2.13. The van der Waals surface area contributed by atoms with Gasteiger partial charge in [0.2, 0.25) is 0 Å². The molecule has 0 aliphatic heterocycles. The summed E-state index contributed by atoms with van der Waals surface area (Å²) in [6.07, 6.45) is 5.12. The lowest BCUT2D eigenvalue weighted by Crippen LogP contribution is -2.18. The molecule has 0 spiro atoms. The van der Waals surface area contributed by atoms with Crippen LogP contribution in [0.25, 0.3) is 0 Å². The second-order valence-electron chi connectivity index (χ2n) is 4.08. The number of hydrogen-bond acceptors (Lipinski definition) is 4. The minimum absolute atomic E-state index is 0.220. The zero-order chi connectivity index (χ0) is 12.8. The Morgan fingerprint density at radius 1 is 1.22 bits per heavy atom. The van der Waals surface area contributed by atoms with Crippen molar-refractivity contribution in [2.45, 2.75) is 19.5 Å². The molecule has 1 heterocycles. The monoisotopic (exact) mass is 238 g/mol. The van der Waals surface area contributed by atoms with Crippen molar-refractivity contribution in [2.75, 3.05) is 0 Å². The van der Waals surface area contributed by atoms with Crippen LogP contribution in [-0.4, -0.2) is 9.97 Å². The Bertz CT molecular complexity index is 528. The molecule has 90 valence electrons. The Balaban J connectivity index is 1.95. The Morgan fingerprint density at radius 2 is 1.89 bits per heavy atom. The summed E-state index contributed by atoms with van der Waals surface area (Å²) >= 11 is 0. The SMILES string of the molecule is CC(NCc1cncnc1)c1ccc(C#N)cc1. The van der Waals surface area contributed by atoms with E-state index in [-0.39, 0.29) is 6.04 Å². The minimum atomic E-state index is 0.220. The second-order valence-corrected chi connectivity index (χ2v) is 4.08. The van der Waals surface area contributed by atoms with Crippen LogP contribution in [0, 0.1) is 11.3 Å². The summed E-state index contributed by atoms with van der Waals surface area (Å²) in [5.41, 5.74) is 2.89. The van der Waals surface area contributed by atoms with Gasteiger partial charge in [-0.25, -0.2) is 9.97 Å². The van der Waals surface area contributed by atoms with Gasteiger partial charge in [-0.15, -0.1) is 0 Å². The third-order valence-corrected chi connectivity index (χ3v) is 2.77. The molecule has 1 N–H and O–H groups in total. The lowest BCUT2D eigenvalue weighted by molar-refractivity contribution is 0.573. The van der Waals surface area contributed by atoms with Gasteiger partial charge in [0, 0.05) is 30.5 Å². The van der Waals surface area contributed by atoms with Crippen molar-refractivity contribution in [1.29, 1.82) is 5.26 Å². The number of benzene rings is 1. The Kier molecular flexibility index (Phi) is 4.00. The molecule has 0 bridgehead atoms. The predicted octanol–water partition coefficient (Wildman–Crippen LogP) is 2.20. The van der Waals surface area contributed by atoms with Crippen LogP contribution in [-0.2, 0) is 6.54 Å². The minimum Gasteiger partial charge on any atom is -0.306 e. The van der Waals surface area contributed by atoms with E-state index in [9.17, 15) is 0 Å². The second kappa shape index (κ2) is 5.89. The maximum atomic E-state index is 8.74. The molecular formula is C14H14N4. The van der Waals surface area contributed by atoms with Crippen LogP contribution in [0.1, 0.15) is 29.7 Å². The lowest BCUT2D eigenvalue weighted by Gasteiger charge is -2.14. The molecule has 0 aliphatic rings. The fraction of sp³-hybridized carbons (Fsp3) is 0.214. The molecule has 0 saturated carbocycles. The van der Waals surface area contributed by atoms with E-state index in [2.05, 4.69) is 28.3 Å². The normalized spacial score (nSPS) is 11.8. The van der Waals surface area contributed by atoms with Gasteiger partial charge in [0.15, 0.2) is 0 Å². The van der Waals surface area contributed by atoms with Gasteiger partial charge in [-0.2, -0.15) is 5.26 Å². The van der Waals surface area contributed by atoms with Crippen molar-refractivity contribution in [1.82, 2.24) is 15.3 Å². The molecule has 0 amide bonds. The standard InChI is InChI=1S/C14H14N4/c1-11(14-4-2-12(6-15)3-5-14)18-9-13-7-16-10-17-8-13/h2-5,7-8,10-11,18H,9H2,1H3. The van der Waals surface area contributed by atoms with E-state index < -0.39 is 0 Å². The van der Waals surface area contributed by atoms with Gasteiger partial charge in [0.1, 0.15) is 6.33 Å². The first-order chi connectivity index (χ1) is 8.79. The van der Waals surface area contributed by atoms with E-state index in [0.717, 1.165) is 17.7 Å². The number of nitriles is 1. The van der Waals surface area contributed by atoms with Crippen LogP contribution >= 0.6 is 0 Å². The number of hydrogen-bond donors (Lipinski definition) is 1.